The summed E-state index contributed by atoms with van der Waals surface area (Å²) in [6.07, 6.45) is -4.15. The monoisotopic (exact) mass is 1560 g/mol. The van der Waals surface area contributed by atoms with Crippen LogP contribution in [0.15, 0.2) is 54.6 Å². The van der Waals surface area contributed by atoms with Crippen molar-refractivity contribution in [1.82, 2.24) is 20.9 Å². The van der Waals surface area contributed by atoms with Crippen molar-refractivity contribution in [2.75, 3.05) is 185 Å². The van der Waals surface area contributed by atoms with Crippen molar-refractivity contribution in [1.29, 1.82) is 0 Å². The van der Waals surface area contributed by atoms with Crippen LogP contribution in [-0.4, -0.2) is 329 Å². The lowest BCUT2D eigenvalue weighted by atomic mass is 9.81. The Hall–Kier alpha value is -6.46. The van der Waals surface area contributed by atoms with Gasteiger partial charge in [0.1, 0.15) is 61.3 Å². The van der Waals surface area contributed by atoms with E-state index in [-0.39, 0.29) is 177 Å². The van der Waals surface area contributed by atoms with Gasteiger partial charge in [0.2, 0.25) is 17.7 Å². The summed E-state index contributed by atoms with van der Waals surface area (Å²) in [4.78, 5) is 102. The predicted molar refractivity (Wildman–Crippen MR) is 389 cm³/mol. The third-order valence-corrected chi connectivity index (χ3v) is 18.1. The van der Waals surface area contributed by atoms with Crippen molar-refractivity contribution < 1.29 is 145 Å². The average Bonchev–Trinajstić information content (AvgIpc) is 1.13. The van der Waals surface area contributed by atoms with E-state index in [4.69, 9.17) is 75.8 Å². The first-order valence-corrected chi connectivity index (χ1v) is 38.1. The van der Waals surface area contributed by atoms with E-state index < -0.39 is 61.4 Å². The zero-order valence-corrected chi connectivity index (χ0v) is 63.3. The van der Waals surface area contributed by atoms with E-state index in [0.717, 1.165) is 0 Å². The summed E-state index contributed by atoms with van der Waals surface area (Å²) in [5.41, 5.74) is 1.71. The lowest BCUT2D eigenvalue weighted by molar-refractivity contribution is -0.294. The highest BCUT2D eigenvalue weighted by Gasteiger charge is 2.44. The van der Waals surface area contributed by atoms with E-state index in [2.05, 4.69) is 16.0 Å². The molecule has 0 bridgehead atoms. The van der Waals surface area contributed by atoms with Crippen LogP contribution in [0.4, 0.5) is 0 Å². The first-order valence-electron chi connectivity index (χ1n) is 38.1. The lowest BCUT2D eigenvalue weighted by Gasteiger charge is -2.38. The van der Waals surface area contributed by atoms with Gasteiger partial charge in [-0.25, -0.2) is 0 Å². The molecule has 0 spiro atoms. The van der Waals surface area contributed by atoms with Gasteiger partial charge in [0.15, 0.2) is 29.9 Å². The Bertz CT molecular complexity index is 3010. The Balaban J connectivity index is 0.780. The molecule has 110 heavy (non-hydrogen) atoms. The number of ketones is 3. The second kappa shape index (κ2) is 54.3. The highest BCUT2D eigenvalue weighted by Crippen LogP contribution is 2.32. The SMILES string of the molecule is C[C@@H]1O[C@@H](OCCOCCNC(=O)CCOCCOCCOCCOCCCC(=O)COc2ccc(-c3cc(OCC(=O)CCCOCCOCCOCCOCCC(=O)NCCOCCO[C@@H]4O[C@@H](C)[C@H](O)[C@@H](O)[C@H]4O)cc(C(=O)CCCNC(=O)C4CCC(CN5C(=O)C=CC5=O)CC4)c3)cc2)[C@H](O)[C@H](O)[C@H]1O. The van der Waals surface area contributed by atoms with Crippen LogP contribution in [0.1, 0.15) is 101 Å². The molecular weight excluding hydrogens is 1450 g/mol. The van der Waals surface area contributed by atoms with Gasteiger partial charge in [0, 0.05) is 95.1 Å². The van der Waals surface area contributed by atoms with Crippen molar-refractivity contribution in [3.8, 4) is 22.6 Å². The van der Waals surface area contributed by atoms with Gasteiger partial charge < -0.3 is 122 Å². The Morgan fingerprint density at radius 2 is 0.836 bits per heavy atom. The molecule has 2 saturated heterocycles. The van der Waals surface area contributed by atoms with E-state index in [1.165, 1.54) is 17.1 Å². The van der Waals surface area contributed by atoms with Crippen LogP contribution in [0.2, 0.25) is 0 Å². The molecule has 5 amide bonds. The molecule has 3 aliphatic heterocycles. The van der Waals surface area contributed by atoms with Gasteiger partial charge in [-0.3, -0.25) is 43.3 Å². The Kier molecular flexibility index (Phi) is 45.6. The quantitative estimate of drug-likeness (QED) is 0.0247. The number of nitrogens with zero attached hydrogens (tertiary/aromatic N) is 1. The van der Waals surface area contributed by atoms with Crippen LogP contribution in [0.5, 0.6) is 11.5 Å². The number of rotatable bonds is 61. The summed E-state index contributed by atoms with van der Waals surface area (Å²) in [5.74, 6) is -0.901. The maximum absolute atomic E-state index is 13.8. The molecule has 34 heteroatoms. The standard InChI is InChI=1S/C76H116N4O30/c1-52-68(88)70(90)72(92)75(109-52)105-44-42-99-28-22-77-64(84)19-26-97-32-36-103-40-38-101-34-30-95-24-4-6-59(81)50-107-61-15-13-55(14-16-61)57-46-58(63(83)8-3-21-79-74(94)56-11-9-54(10-12-56)49-80-66(86)17-18-67(80)87)48-62(47-57)108-51-60(82)7-5-25-96-31-35-102-39-41-104-37-33-98-27-20-65(85)78-23-29-100-43-45-106-76-73(93)71(91)69(89)53(2)110-76/h13-18,46-48,52-54,56,68-73,75-76,88-93H,3-12,19-45,49-51H2,1-2H3,(H,77,84)(H,78,85)(H,79,94)/t52-,53-,54?,56?,68-,69-,70+,71+,72+,73+,75+,76+/m0/s1. The molecule has 2 aromatic rings. The smallest absolute Gasteiger partial charge is 0.253 e. The minimum absolute atomic E-state index is 0.0713. The maximum Gasteiger partial charge on any atom is 0.253 e. The molecule has 3 heterocycles. The number of aliphatic hydroxyl groups is 6. The van der Waals surface area contributed by atoms with Gasteiger partial charge in [0.25, 0.3) is 11.8 Å². The molecule has 9 N–H and O–H groups in total. The van der Waals surface area contributed by atoms with Crippen LogP contribution in [0.25, 0.3) is 11.1 Å². The number of amides is 5. The molecule has 2 aromatic carbocycles. The number of hydrogen-bond acceptors (Lipinski definition) is 30. The summed E-state index contributed by atoms with van der Waals surface area (Å²) < 4.78 is 88.6. The highest BCUT2D eigenvalue weighted by atomic mass is 16.7. The molecule has 4 aliphatic rings. The molecule has 0 radical (unpaired) electrons. The number of Topliss-reactive ketones (excluding diaryl/α,β-unsaturated/α-hetero) is 3. The van der Waals surface area contributed by atoms with Crippen molar-refractivity contribution in [2.45, 2.75) is 152 Å². The fraction of sp³-hybridized carbons (Fsp3) is 0.711. The number of carbonyl (C=O) groups excluding carboxylic acids is 8. The minimum Gasteiger partial charge on any atom is -0.486 e. The average molecular weight is 1570 g/mol. The molecule has 0 aromatic heterocycles. The van der Waals surface area contributed by atoms with Gasteiger partial charge in [-0.05, 0) is 106 Å². The number of nitrogens with one attached hydrogen (secondary N) is 3. The zero-order valence-electron chi connectivity index (χ0n) is 63.3. The van der Waals surface area contributed by atoms with Gasteiger partial charge in [-0.2, -0.15) is 0 Å². The summed E-state index contributed by atoms with van der Waals surface area (Å²) in [5, 5.41) is 67.7. The summed E-state index contributed by atoms with van der Waals surface area (Å²) >= 11 is 0. The largest absolute Gasteiger partial charge is 0.486 e. The minimum atomic E-state index is -1.39. The van der Waals surface area contributed by atoms with E-state index in [0.29, 0.717) is 172 Å². The Labute approximate surface area is 641 Å². The second-order valence-corrected chi connectivity index (χ2v) is 26.7. The summed E-state index contributed by atoms with van der Waals surface area (Å²) in [6, 6.07) is 12.1. The fourth-order valence-corrected chi connectivity index (χ4v) is 11.7. The van der Waals surface area contributed by atoms with E-state index in [1.807, 2.05) is 0 Å². The molecule has 1 aliphatic carbocycles. The summed E-state index contributed by atoms with van der Waals surface area (Å²) in [6.45, 7) is 9.82. The third kappa shape index (κ3) is 36.6. The van der Waals surface area contributed by atoms with Crippen LogP contribution in [0, 0.1) is 11.8 Å². The molecule has 6 rings (SSSR count). The van der Waals surface area contributed by atoms with Crippen molar-refractivity contribution in [3.05, 3.63) is 60.2 Å². The maximum atomic E-state index is 13.8. The fourth-order valence-electron chi connectivity index (χ4n) is 11.7. The van der Waals surface area contributed by atoms with Crippen molar-refractivity contribution >= 4 is 46.9 Å². The number of benzene rings is 2. The van der Waals surface area contributed by atoms with Crippen LogP contribution in [0.3, 0.4) is 0 Å². The van der Waals surface area contributed by atoms with Gasteiger partial charge in [-0.1, -0.05) is 12.1 Å². The topological polar surface area (TPSA) is 445 Å². The number of aliphatic hydroxyl groups excluding tert-OH is 6. The third-order valence-electron chi connectivity index (χ3n) is 18.1. The first-order chi connectivity index (χ1) is 53.3. The molecule has 1 saturated carbocycles. The number of imide groups is 1. The molecule has 10 atom stereocenters. The van der Waals surface area contributed by atoms with Gasteiger partial charge >= 0.3 is 0 Å². The normalized spacial score (nSPS) is 22.6. The number of hydrogen-bond donors (Lipinski definition) is 9. The summed E-state index contributed by atoms with van der Waals surface area (Å²) in [7, 11) is 0. The van der Waals surface area contributed by atoms with Crippen molar-refractivity contribution in [3.63, 3.8) is 0 Å². The lowest BCUT2D eigenvalue weighted by Crippen LogP contribution is -2.57. The van der Waals surface area contributed by atoms with Gasteiger partial charge in [-0.15, -0.1) is 0 Å². The number of ether oxygens (including phenoxy) is 16. The first kappa shape index (κ1) is 92.4. The Morgan fingerprint density at radius 1 is 0.418 bits per heavy atom. The molecular formula is C76H116N4O30. The second-order valence-electron chi connectivity index (χ2n) is 26.7. The zero-order chi connectivity index (χ0) is 79.1. The highest BCUT2D eigenvalue weighted by molar-refractivity contribution is 6.12. The van der Waals surface area contributed by atoms with E-state index in [1.54, 1.807) is 56.3 Å². The van der Waals surface area contributed by atoms with Gasteiger partial charge in [0.05, 0.1) is 144 Å². The van der Waals surface area contributed by atoms with Crippen LogP contribution in [-0.2, 0) is 99.9 Å². The predicted octanol–water partition coefficient (Wildman–Crippen LogP) is 0.487. The van der Waals surface area contributed by atoms with E-state index >= 15 is 0 Å². The molecule has 34 nitrogen and oxygen atoms in total. The molecule has 3 fully saturated rings. The molecule has 620 valence electrons. The van der Waals surface area contributed by atoms with E-state index in [9.17, 15) is 69.0 Å². The van der Waals surface area contributed by atoms with Crippen molar-refractivity contribution in [2.24, 2.45) is 11.8 Å². The van der Waals surface area contributed by atoms with Crippen LogP contribution < -0.4 is 25.4 Å². The molecule has 0 unspecified atom stereocenters. The number of carbonyl (C=O) groups is 8. The Morgan fingerprint density at radius 3 is 1.30 bits per heavy atom. The van der Waals surface area contributed by atoms with Crippen LogP contribution >= 0.6 is 0 Å².